The molecule has 0 radical (unpaired) electrons. The molecular formula is C15H17F3O2. The summed E-state index contributed by atoms with van der Waals surface area (Å²) in [4.78, 5) is 11.4. The summed E-state index contributed by atoms with van der Waals surface area (Å²) in [5.74, 6) is -0.979. The maximum Gasteiger partial charge on any atom is 0.425 e. The Morgan fingerprint density at radius 3 is 2.50 bits per heavy atom. The second kappa shape index (κ2) is 7.72. The van der Waals surface area contributed by atoms with E-state index in [2.05, 4.69) is 4.74 Å². The first-order valence-corrected chi connectivity index (χ1v) is 6.44. The third kappa shape index (κ3) is 5.91. The number of halogens is 3. The van der Waals surface area contributed by atoms with E-state index in [9.17, 15) is 18.0 Å². The van der Waals surface area contributed by atoms with Crippen molar-refractivity contribution in [1.29, 1.82) is 0 Å². The van der Waals surface area contributed by atoms with Gasteiger partial charge in [-0.25, -0.2) is 4.79 Å². The number of ether oxygens (including phenoxy) is 1. The molecule has 0 saturated heterocycles. The van der Waals surface area contributed by atoms with Crippen LogP contribution in [-0.2, 0) is 9.53 Å². The van der Waals surface area contributed by atoms with Gasteiger partial charge in [0, 0.05) is 6.08 Å². The van der Waals surface area contributed by atoms with Crippen LogP contribution in [0.15, 0.2) is 36.4 Å². The topological polar surface area (TPSA) is 26.3 Å². The summed E-state index contributed by atoms with van der Waals surface area (Å²) >= 11 is 0. The molecule has 5 heteroatoms. The van der Waals surface area contributed by atoms with Crippen LogP contribution in [0, 0.1) is 0 Å². The highest BCUT2D eigenvalue weighted by molar-refractivity contribution is 5.87. The van der Waals surface area contributed by atoms with Crippen LogP contribution >= 0.6 is 0 Å². The van der Waals surface area contributed by atoms with Crippen LogP contribution < -0.4 is 0 Å². The van der Waals surface area contributed by atoms with Gasteiger partial charge >= 0.3 is 12.1 Å². The molecule has 2 nitrogen and oxygen atoms in total. The van der Waals surface area contributed by atoms with E-state index in [1.54, 1.807) is 37.3 Å². The van der Waals surface area contributed by atoms with E-state index in [0.29, 0.717) is 12.8 Å². The van der Waals surface area contributed by atoms with Crippen molar-refractivity contribution in [3.63, 3.8) is 0 Å². The highest BCUT2D eigenvalue weighted by Crippen LogP contribution is 2.27. The zero-order valence-corrected chi connectivity index (χ0v) is 11.2. The number of hydrogen-bond donors (Lipinski definition) is 0. The zero-order chi connectivity index (χ0) is 15.0. The molecule has 1 aromatic rings. The number of carbonyl (C=O) groups is 1. The molecule has 1 rings (SSSR count). The van der Waals surface area contributed by atoms with Crippen molar-refractivity contribution in [2.24, 2.45) is 0 Å². The summed E-state index contributed by atoms with van der Waals surface area (Å²) in [6, 6.07) is 8.82. The Labute approximate surface area is 116 Å². The Balaban J connectivity index is 2.60. The normalized spacial score (nSPS) is 13.4. The minimum absolute atomic E-state index is 0.203. The lowest BCUT2D eigenvalue weighted by Crippen LogP contribution is -2.33. The highest BCUT2D eigenvalue weighted by Gasteiger charge is 2.41. The Bertz CT molecular complexity index is 438. The molecule has 1 unspecified atom stereocenters. The number of esters is 1. The maximum absolute atomic E-state index is 12.7. The summed E-state index contributed by atoms with van der Waals surface area (Å²) in [6.07, 6.45) is -3.34. The molecule has 0 fully saturated rings. The van der Waals surface area contributed by atoms with Crippen LogP contribution in [-0.4, -0.2) is 18.2 Å². The van der Waals surface area contributed by atoms with Gasteiger partial charge in [0.1, 0.15) is 0 Å². The van der Waals surface area contributed by atoms with Crippen molar-refractivity contribution < 1.29 is 22.7 Å². The Morgan fingerprint density at radius 1 is 1.30 bits per heavy atom. The summed E-state index contributed by atoms with van der Waals surface area (Å²) < 4.78 is 42.5. The molecule has 0 saturated carbocycles. The van der Waals surface area contributed by atoms with Gasteiger partial charge < -0.3 is 4.74 Å². The predicted molar refractivity (Wildman–Crippen MR) is 70.9 cm³/mol. The number of unbranched alkanes of at least 4 members (excludes halogenated alkanes) is 1. The quantitative estimate of drug-likeness (QED) is 0.573. The average molecular weight is 286 g/mol. The van der Waals surface area contributed by atoms with E-state index < -0.39 is 18.2 Å². The van der Waals surface area contributed by atoms with Crippen molar-refractivity contribution >= 4 is 12.0 Å². The first kappa shape index (κ1) is 16.3. The first-order valence-electron chi connectivity index (χ1n) is 6.44. The van der Waals surface area contributed by atoms with Gasteiger partial charge in [-0.15, -0.1) is 0 Å². The lowest BCUT2D eigenvalue weighted by atomic mass is 10.1. The SMILES string of the molecule is CCCCC(OC(=O)C=Cc1ccccc1)C(F)(F)F. The van der Waals surface area contributed by atoms with E-state index >= 15 is 0 Å². The molecule has 0 amide bonds. The average Bonchev–Trinajstić information content (AvgIpc) is 2.41. The molecule has 20 heavy (non-hydrogen) atoms. The Kier molecular flexibility index (Phi) is 6.28. The molecule has 0 heterocycles. The van der Waals surface area contributed by atoms with Gasteiger partial charge in [0.15, 0.2) is 6.10 Å². The fourth-order valence-corrected chi connectivity index (χ4v) is 1.59. The summed E-state index contributed by atoms with van der Waals surface area (Å²) in [6.45, 7) is 1.78. The molecule has 0 aromatic heterocycles. The van der Waals surface area contributed by atoms with Crippen LogP contribution in [0.1, 0.15) is 31.7 Å². The van der Waals surface area contributed by atoms with Gasteiger partial charge in [-0.2, -0.15) is 13.2 Å². The summed E-state index contributed by atoms with van der Waals surface area (Å²) in [5.41, 5.74) is 0.724. The van der Waals surface area contributed by atoms with Crippen LogP contribution in [0.5, 0.6) is 0 Å². The van der Waals surface area contributed by atoms with Crippen molar-refractivity contribution in [3.05, 3.63) is 42.0 Å². The molecule has 110 valence electrons. The number of benzene rings is 1. The Morgan fingerprint density at radius 2 is 1.95 bits per heavy atom. The zero-order valence-electron chi connectivity index (χ0n) is 11.2. The lowest BCUT2D eigenvalue weighted by molar-refractivity contribution is -0.220. The number of carbonyl (C=O) groups excluding carboxylic acids is 1. The van der Waals surface area contributed by atoms with E-state index in [-0.39, 0.29) is 6.42 Å². The molecule has 1 aromatic carbocycles. The number of alkyl halides is 3. The van der Waals surface area contributed by atoms with Gasteiger partial charge in [-0.3, -0.25) is 0 Å². The van der Waals surface area contributed by atoms with Gasteiger partial charge in [0.2, 0.25) is 0 Å². The van der Waals surface area contributed by atoms with Gasteiger partial charge in [0.25, 0.3) is 0 Å². The van der Waals surface area contributed by atoms with Crippen molar-refractivity contribution in [3.8, 4) is 0 Å². The van der Waals surface area contributed by atoms with Crippen molar-refractivity contribution in [2.75, 3.05) is 0 Å². The third-order valence-electron chi connectivity index (χ3n) is 2.65. The van der Waals surface area contributed by atoms with Crippen LogP contribution in [0.4, 0.5) is 13.2 Å². The first-order chi connectivity index (χ1) is 9.43. The van der Waals surface area contributed by atoms with Gasteiger partial charge in [-0.05, 0) is 24.5 Å². The molecule has 0 aliphatic rings. The fourth-order valence-electron chi connectivity index (χ4n) is 1.59. The van der Waals surface area contributed by atoms with Crippen LogP contribution in [0.3, 0.4) is 0 Å². The summed E-state index contributed by atoms with van der Waals surface area (Å²) in [7, 11) is 0. The number of rotatable bonds is 6. The molecule has 0 N–H and O–H groups in total. The van der Waals surface area contributed by atoms with E-state index in [1.807, 2.05) is 0 Å². The lowest BCUT2D eigenvalue weighted by Gasteiger charge is -2.19. The van der Waals surface area contributed by atoms with Gasteiger partial charge in [0.05, 0.1) is 0 Å². The molecule has 0 spiro atoms. The summed E-state index contributed by atoms with van der Waals surface area (Å²) in [5, 5.41) is 0. The number of hydrogen-bond acceptors (Lipinski definition) is 2. The Hall–Kier alpha value is -1.78. The van der Waals surface area contributed by atoms with E-state index in [1.165, 1.54) is 6.08 Å². The van der Waals surface area contributed by atoms with Crippen molar-refractivity contribution in [2.45, 2.75) is 38.5 Å². The second-order valence-corrected chi connectivity index (χ2v) is 4.35. The molecule has 0 bridgehead atoms. The maximum atomic E-state index is 12.7. The molecule has 0 aliphatic carbocycles. The van der Waals surface area contributed by atoms with Crippen molar-refractivity contribution in [1.82, 2.24) is 0 Å². The molecular weight excluding hydrogens is 269 g/mol. The third-order valence-corrected chi connectivity index (χ3v) is 2.65. The fraction of sp³-hybridized carbons (Fsp3) is 0.400. The monoisotopic (exact) mass is 286 g/mol. The minimum atomic E-state index is -4.52. The van der Waals surface area contributed by atoms with Gasteiger partial charge in [-0.1, -0.05) is 43.7 Å². The minimum Gasteiger partial charge on any atom is -0.450 e. The largest absolute Gasteiger partial charge is 0.450 e. The van der Waals surface area contributed by atoms with Crippen LogP contribution in [0.2, 0.25) is 0 Å². The molecule has 1 atom stereocenters. The second-order valence-electron chi connectivity index (χ2n) is 4.35. The van der Waals surface area contributed by atoms with E-state index in [4.69, 9.17) is 0 Å². The predicted octanol–water partition coefficient (Wildman–Crippen LogP) is 4.36. The van der Waals surface area contributed by atoms with E-state index in [0.717, 1.165) is 11.6 Å². The standard InChI is InChI=1S/C15H17F3O2/c1-2-3-9-13(15(16,17)18)20-14(19)11-10-12-7-5-4-6-8-12/h4-8,10-11,13H,2-3,9H2,1H3. The molecule has 0 aliphatic heterocycles. The van der Waals surface area contributed by atoms with Crippen LogP contribution in [0.25, 0.3) is 6.08 Å². The highest BCUT2D eigenvalue weighted by atomic mass is 19.4. The smallest absolute Gasteiger partial charge is 0.425 e.